The van der Waals surface area contributed by atoms with E-state index in [-0.39, 0.29) is 5.69 Å². The highest BCUT2D eigenvalue weighted by molar-refractivity contribution is 7.14. The van der Waals surface area contributed by atoms with Gasteiger partial charge in [0, 0.05) is 23.4 Å². The Morgan fingerprint density at radius 3 is 2.64 bits per heavy atom. The van der Waals surface area contributed by atoms with E-state index >= 15 is 0 Å². The Balaban J connectivity index is 1.61. The molecule has 0 saturated carbocycles. The monoisotopic (exact) mass is 392 g/mol. The number of thiazole rings is 1. The topological polar surface area (TPSA) is 86.1 Å². The van der Waals surface area contributed by atoms with Crippen LogP contribution in [-0.2, 0) is 7.05 Å². The van der Waals surface area contributed by atoms with E-state index in [9.17, 15) is 9.59 Å². The molecule has 0 spiro atoms. The molecule has 1 amide bonds. The van der Waals surface area contributed by atoms with Crippen molar-refractivity contribution in [1.82, 2.24) is 14.8 Å². The molecule has 0 saturated heterocycles. The number of methoxy groups -OCH3 is 1. The zero-order valence-electron chi connectivity index (χ0n) is 15.2. The average molecular weight is 392 g/mol. The number of carbonyl (C=O) groups is 1. The van der Waals surface area contributed by atoms with E-state index in [0.29, 0.717) is 16.0 Å². The summed E-state index contributed by atoms with van der Waals surface area (Å²) in [5.41, 5.74) is 1.72. The molecule has 4 aromatic rings. The Morgan fingerprint density at radius 1 is 1.14 bits per heavy atom. The molecule has 140 valence electrons. The number of anilines is 1. The van der Waals surface area contributed by atoms with Gasteiger partial charge in [-0.2, -0.15) is 5.10 Å². The lowest BCUT2D eigenvalue weighted by molar-refractivity contribution is 0.101. The minimum absolute atomic E-state index is 0.164. The summed E-state index contributed by atoms with van der Waals surface area (Å²) in [5.74, 6) is 0.174. The smallest absolute Gasteiger partial charge is 0.281 e. The van der Waals surface area contributed by atoms with Gasteiger partial charge < -0.3 is 4.74 Å². The van der Waals surface area contributed by atoms with Gasteiger partial charge in [0.1, 0.15) is 5.75 Å². The normalized spacial score (nSPS) is 10.8. The fourth-order valence-corrected chi connectivity index (χ4v) is 3.57. The molecule has 2 aromatic carbocycles. The number of fused-ring (bicyclic) bond motifs is 1. The molecular weight excluding hydrogens is 376 g/mol. The molecule has 28 heavy (non-hydrogen) atoms. The highest BCUT2D eigenvalue weighted by atomic mass is 32.1. The third-order valence-corrected chi connectivity index (χ3v) is 5.05. The van der Waals surface area contributed by atoms with Crippen molar-refractivity contribution < 1.29 is 9.53 Å². The summed E-state index contributed by atoms with van der Waals surface area (Å²) >= 11 is 1.28. The molecule has 7 nitrogen and oxygen atoms in total. The van der Waals surface area contributed by atoms with Gasteiger partial charge in [-0.25, -0.2) is 4.98 Å². The number of rotatable bonds is 4. The second-order valence-electron chi connectivity index (χ2n) is 6.04. The van der Waals surface area contributed by atoms with Crippen molar-refractivity contribution in [2.24, 2.45) is 7.05 Å². The van der Waals surface area contributed by atoms with Gasteiger partial charge in [-0.15, -0.1) is 11.3 Å². The Morgan fingerprint density at radius 2 is 1.89 bits per heavy atom. The number of para-hydroxylation sites is 1. The summed E-state index contributed by atoms with van der Waals surface area (Å²) in [7, 11) is 3.31. The zero-order valence-corrected chi connectivity index (χ0v) is 16.0. The highest BCUT2D eigenvalue weighted by Crippen LogP contribution is 2.26. The van der Waals surface area contributed by atoms with Crippen LogP contribution in [0, 0.1) is 0 Å². The standard InChI is InChI=1S/C20H16N4O3S/c1-24-16-6-4-3-5-14(16)18(25)17(23-24)19(26)22-20-21-15(11-28-20)12-7-9-13(27-2)10-8-12/h3-11H,1-2H3,(H,21,22,26). The van der Waals surface area contributed by atoms with Gasteiger partial charge in [0.2, 0.25) is 5.43 Å². The van der Waals surface area contributed by atoms with Crippen molar-refractivity contribution in [2.75, 3.05) is 12.4 Å². The van der Waals surface area contributed by atoms with Crippen LogP contribution in [0.5, 0.6) is 5.75 Å². The number of aryl methyl sites for hydroxylation is 1. The van der Waals surface area contributed by atoms with Crippen molar-refractivity contribution in [3.05, 3.63) is 69.8 Å². The first kappa shape index (κ1) is 17.9. The maximum Gasteiger partial charge on any atom is 0.281 e. The number of aromatic nitrogens is 3. The summed E-state index contributed by atoms with van der Waals surface area (Å²) in [6.45, 7) is 0. The van der Waals surface area contributed by atoms with Crippen LogP contribution >= 0.6 is 11.3 Å². The summed E-state index contributed by atoms with van der Waals surface area (Å²) < 4.78 is 6.67. The molecule has 2 heterocycles. The molecule has 0 unspecified atom stereocenters. The molecule has 0 aliphatic rings. The first-order valence-corrected chi connectivity index (χ1v) is 9.32. The van der Waals surface area contributed by atoms with Crippen LogP contribution in [0.15, 0.2) is 58.7 Å². The molecule has 4 rings (SSSR count). The Hall–Kier alpha value is -3.52. The minimum atomic E-state index is -0.581. The van der Waals surface area contributed by atoms with Crippen LogP contribution in [0.4, 0.5) is 5.13 Å². The molecule has 0 bridgehead atoms. The van der Waals surface area contributed by atoms with Gasteiger partial charge in [-0.05, 0) is 36.4 Å². The molecule has 0 aliphatic carbocycles. The van der Waals surface area contributed by atoms with Crippen LogP contribution in [0.2, 0.25) is 0 Å². The Kier molecular flexibility index (Phi) is 4.62. The number of hydrogen-bond acceptors (Lipinski definition) is 6. The number of carbonyl (C=O) groups excluding carboxylic acids is 1. The zero-order chi connectivity index (χ0) is 19.7. The maximum atomic E-state index is 12.6. The van der Waals surface area contributed by atoms with Gasteiger partial charge in [0.25, 0.3) is 5.91 Å². The molecular formula is C20H16N4O3S. The number of ether oxygens (including phenoxy) is 1. The van der Waals surface area contributed by atoms with Crippen molar-refractivity contribution in [3.8, 4) is 17.0 Å². The van der Waals surface area contributed by atoms with E-state index < -0.39 is 11.3 Å². The van der Waals surface area contributed by atoms with E-state index in [2.05, 4.69) is 15.4 Å². The number of nitrogens with one attached hydrogen (secondary N) is 1. The fourth-order valence-electron chi connectivity index (χ4n) is 2.86. The minimum Gasteiger partial charge on any atom is -0.497 e. The molecule has 0 atom stereocenters. The predicted molar refractivity (Wildman–Crippen MR) is 109 cm³/mol. The molecule has 0 radical (unpaired) electrons. The van der Waals surface area contributed by atoms with E-state index in [1.54, 1.807) is 32.4 Å². The van der Waals surface area contributed by atoms with Crippen molar-refractivity contribution in [3.63, 3.8) is 0 Å². The van der Waals surface area contributed by atoms with Gasteiger partial charge in [0.15, 0.2) is 10.8 Å². The third kappa shape index (κ3) is 3.25. The largest absolute Gasteiger partial charge is 0.497 e. The molecule has 0 aliphatic heterocycles. The van der Waals surface area contributed by atoms with Crippen LogP contribution in [-0.4, -0.2) is 27.8 Å². The molecule has 0 fully saturated rings. The van der Waals surface area contributed by atoms with E-state index in [1.165, 1.54) is 16.0 Å². The lowest BCUT2D eigenvalue weighted by Gasteiger charge is -2.07. The third-order valence-electron chi connectivity index (χ3n) is 4.29. The lowest BCUT2D eigenvalue weighted by atomic mass is 10.2. The maximum absolute atomic E-state index is 12.6. The Labute approximate surface area is 164 Å². The van der Waals surface area contributed by atoms with Crippen LogP contribution in [0.1, 0.15) is 10.5 Å². The molecule has 8 heteroatoms. The van der Waals surface area contributed by atoms with Gasteiger partial charge in [-0.3, -0.25) is 19.6 Å². The predicted octanol–water partition coefficient (Wildman–Crippen LogP) is 3.32. The van der Waals surface area contributed by atoms with Gasteiger partial charge in [-0.1, -0.05) is 12.1 Å². The second-order valence-corrected chi connectivity index (χ2v) is 6.90. The number of benzene rings is 2. The van der Waals surface area contributed by atoms with Crippen molar-refractivity contribution in [1.29, 1.82) is 0 Å². The summed E-state index contributed by atoms with van der Waals surface area (Å²) in [6.07, 6.45) is 0. The number of amides is 1. The summed E-state index contributed by atoms with van der Waals surface area (Å²) in [5, 5.41) is 9.49. The summed E-state index contributed by atoms with van der Waals surface area (Å²) in [4.78, 5) is 29.7. The van der Waals surface area contributed by atoms with Gasteiger partial charge in [0.05, 0.1) is 18.3 Å². The van der Waals surface area contributed by atoms with Crippen LogP contribution in [0.25, 0.3) is 22.2 Å². The average Bonchev–Trinajstić information content (AvgIpc) is 3.19. The highest BCUT2D eigenvalue weighted by Gasteiger charge is 2.18. The lowest BCUT2D eigenvalue weighted by Crippen LogP contribution is -2.26. The molecule has 2 aromatic heterocycles. The van der Waals surface area contributed by atoms with E-state index in [0.717, 1.165) is 17.0 Å². The fraction of sp³-hybridized carbons (Fsp3) is 0.100. The van der Waals surface area contributed by atoms with Crippen LogP contribution in [0.3, 0.4) is 0 Å². The number of nitrogens with zero attached hydrogens (tertiary/aromatic N) is 3. The second kappa shape index (κ2) is 7.24. The van der Waals surface area contributed by atoms with E-state index in [1.807, 2.05) is 35.7 Å². The SMILES string of the molecule is COc1ccc(-c2csc(NC(=O)c3nn(C)c4ccccc4c3=O)n2)cc1. The quantitative estimate of drug-likeness (QED) is 0.576. The first-order chi connectivity index (χ1) is 13.6. The molecule has 1 N–H and O–H groups in total. The van der Waals surface area contributed by atoms with E-state index in [4.69, 9.17) is 4.74 Å². The van der Waals surface area contributed by atoms with Crippen LogP contribution < -0.4 is 15.5 Å². The van der Waals surface area contributed by atoms with Gasteiger partial charge >= 0.3 is 0 Å². The Bertz CT molecular complexity index is 1230. The first-order valence-electron chi connectivity index (χ1n) is 8.44. The summed E-state index contributed by atoms with van der Waals surface area (Å²) in [6, 6.07) is 14.5. The van der Waals surface area contributed by atoms with Crippen molar-refractivity contribution >= 4 is 33.3 Å². The number of hydrogen-bond donors (Lipinski definition) is 1. The van der Waals surface area contributed by atoms with Crippen molar-refractivity contribution in [2.45, 2.75) is 0 Å².